The summed E-state index contributed by atoms with van der Waals surface area (Å²) in [7, 11) is 0. The largest absolute Gasteiger partial charge is 0.390 e. The van der Waals surface area contributed by atoms with Gasteiger partial charge in [-0.15, -0.1) is 0 Å². The number of hydrogen-bond acceptors (Lipinski definition) is 2. The minimum Gasteiger partial charge on any atom is -0.390 e. The molecule has 1 rings (SSSR count). The normalized spacial score (nSPS) is 15.3. The van der Waals surface area contributed by atoms with E-state index in [9.17, 15) is 5.11 Å². The fourth-order valence-electron chi connectivity index (χ4n) is 2.38. The predicted molar refractivity (Wildman–Crippen MR) is 82.2 cm³/mol. The second kappa shape index (κ2) is 6.53. The number of aryl methyl sites for hydroxylation is 1. The smallest absolute Gasteiger partial charge is 0.0671 e. The van der Waals surface area contributed by atoms with Gasteiger partial charge in [0, 0.05) is 0 Å². The van der Waals surface area contributed by atoms with Crippen LogP contribution in [0.4, 0.5) is 0 Å². The Bertz CT molecular complexity index is 396. The van der Waals surface area contributed by atoms with Crippen LogP contribution in [0.25, 0.3) is 0 Å². The Kier molecular flexibility index (Phi) is 5.57. The highest BCUT2D eigenvalue weighted by Crippen LogP contribution is 2.36. The lowest BCUT2D eigenvalue weighted by molar-refractivity contribution is -0.0539. The Balaban J connectivity index is 2.81. The molecule has 0 heterocycles. The second-order valence-electron chi connectivity index (χ2n) is 6.40. The van der Waals surface area contributed by atoms with E-state index in [2.05, 4.69) is 38.1 Å². The number of nitrogens with two attached hydrogens (primary N) is 1. The van der Waals surface area contributed by atoms with Gasteiger partial charge in [-0.25, -0.2) is 0 Å². The number of aliphatic hydroxyl groups is 1. The third-order valence-electron chi connectivity index (χ3n) is 4.45. The van der Waals surface area contributed by atoms with Gasteiger partial charge in [0.15, 0.2) is 0 Å². The topological polar surface area (TPSA) is 46.2 Å². The van der Waals surface area contributed by atoms with Crippen LogP contribution in [0.5, 0.6) is 0 Å². The number of benzene rings is 1. The minimum atomic E-state index is -0.639. The van der Waals surface area contributed by atoms with Crippen LogP contribution in [0, 0.1) is 5.41 Å². The van der Waals surface area contributed by atoms with Crippen LogP contribution in [0.1, 0.15) is 51.7 Å². The van der Waals surface area contributed by atoms with E-state index in [4.69, 9.17) is 5.73 Å². The first-order valence-corrected chi connectivity index (χ1v) is 7.32. The van der Waals surface area contributed by atoms with E-state index in [0.29, 0.717) is 0 Å². The predicted octanol–water partition coefficient (Wildman–Crippen LogP) is 3.31. The maximum absolute atomic E-state index is 10.5. The van der Waals surface area contributed by atoms with Crippen molar-refractivity contribution >= 4 is 0 Å². The molecule has 0 aliphatic carbocycles. The van der Waals surface area contributed by atoms with Gasteiger partial charge in [-0.1, -0.05) is 45.0 Å². The van der Waals surface area contributed by atoms with Crippen LogP contribution in [0.2, 0.25) is 0 Å². The Morgan fingerprint density at radius 3 is 2.37 bits per heavy atom. The summed E-state index contributed by atoms with van der Waals surface area (Å²) in [5, 5.41) is 10.5. The van der Waals surface area contributed by atoms with Crippen LogP contribution in [0.15, 0.2) is 24.3 Å². The lowest BCUT2D eigenvalue weighted by Crippen LogP contribution is -2.42. The molecule has 0 fully saturated rings. The highest BCUT2D eigenvalue weighted by atomic mass is 16.3. The van der Waals surface area contributed by atoms with Crippen LogP contribution >= 0.6 is 0 Å². The Labute approximate surface area is 118 Å². The molecule has 0 amide bonds. The van der Waals surface area contributed by atoms with Gasteiger partial charge in [0.2, 0.25) is 0 Å². The molecule has 0 bridgehead atoms. The van der Waals surface area contributed by atoms with Crippen LogP contribution in [-0.4, -0.2) is 17.3 Å². The molecule has 3 N–H and O–H groups in total. The molecule has 0 aliphatic rings. The molecule has 0 spiro atoms. The maximum atomic E-state index is 10.5. The molecule has 1 aromatic carbocycles. The Morgan fingerprint density at radius 1 is 1.16 bits per heavy atom. The van der Waals surface area contributed by atoms with Crippen molar-refractivity contribution in [1.29, 1.82) is 0 Å². The zero-order chi connectivity index (χ0) is 14.5. The SMILES string of the molecule is CCC(C)(O)C(C)(C)Cc1cccc(CCCN)c1. The van der Waals surface area contributed by atoms with Crippen LogP contribution in [-0.2, 0) is 12.8 Å². The molecule has 1 aromatic rings. The molecule has 1 atom stereocenters. The quantitative estimate of drug-likeness (QED) is 0.793. The fraction of sp³-hybridized carbons (Fsp3) is 0.647. The minimum absolute atomic E-state index is 0.131. The van der Waals surface area contributed by atoms with Gasteiger partial charge in [0.25, 0.3) is 0 Å². The van der Waals surface area contributed by atoms with Crippen molar-refractivity contribution in [3.63, 3.8) is 0 Å². The summed E-state index contributed by atoms with van der Waals surface area (Å²) in [4.78, 5) is 0. The Hall–Kier alpha value is -0.860. The van der Waals surface area contributed by atoms with E-state index in [0.717, 1.165) is 32.2 Å². The molecule has 108 valence electrons. The highest BCUT2D eigenvalue weighted by Gasteiger charge is 2.37. The molecule has 2 heteroatoms. The average molecular weight is 263 g/mol. The highest BCUT2D eigenvalue weighted by molar-refractivity contribution is 5.25. The first kappa shape index (κ1) is 16.2. The van der Waals surface area contributed by atoms with E-state index in [1.807, 2.05) is 13.8 Å². The van der Waals surface area contributed by atoms with E-state index in [1.165, 1.54) is 11.1 Å². The van der Waals surface area contributed by atoms with Gasteiger partial charge in [-0.2, -0.15) is 0 Å². The van der Waals surface area contributed by atoms with Gasteiger partial charge in [-0.3, -0.25) is 0 Å². The summed E-state index contributed by atoms with van der Waals surface area (Å²) in [6.07, 6.45) is 3.73. The number of hydrogen-bond donors (Lipinski definition) is 2. The van der Waals surface area contributed by atoms with Gasteiger partial charge in [0.05, 0.1) is 5.60 Å². The maximum Gasteiger partial charge on any atom is 0.0671 e. The van der Waals surface area contributed by atoms with Gasteiger partial charge in [-0.05, 0) is 55.7 Å². The van der Waals surface area contributed by atoms with Crippen molar-refractivity contribution in [3.8, 4) is 0 Å². The summed E-state index contributed by atoms with van der Waals surface area (Å²) in [6, 6.07) is 8.67. The average Bonchev–Trinajstić information content (AvgIpc) is 2.36. The monoisotopic (exact) mass is 263 g/mol. The van der Waals surface area contributed by atoms with E-state index < -0.39 is 5.60 Å². The van der Waals surface area contributed by atoms with Crippen LogP contribution < -0.4 is 5.73 Å². The zero-order valence-corrected chi connectivity index (χ0v) is 12.9. The number of rotatable bonds is 7. The molecule has 1 unspecified atom stereocenters. The van der Waals surface area contributed by atoms with Crippen molar-refractivity contribution in [2.24, 2.45) is 11.1 Å². The van der Waals surface area contributed by atoms with Crippen molar-refractivity contribution in [3.05, 3.63) is 35.4 Å². The van der Waals surface area contributed by atoms with Gasteiger partial charge < -0.3 is 10.8 Å². The zero-order valence-electron chi connectivity index (χ0n) is 12.9. The van der Waals surface area contributed by atoms with Gasteiger partial charge in [0.1, 0.15) is 0 Å². The van der Waals surface area contributed by atoms with Crippen molar-refractivity contribution in [1.82, 2.24) is 0 Å². The molecule has 2 nitrogen and oxygen atoms in total. The third-order valence-corrected chi connectivity index (χ3v) is 4.45. The second-order valence-corrected chi connectivity index (χ2v) is 6.40. The van der Waals surface area contributed by atoms with Crippen LogP contribution in [0.3, 0.4) is 0 Å². The third kappa shape index (κ3) is 4.32. The van der Waals surface area contributed by atoms with Gasteiger partial charge >= 0.3 is 0 Å². The van der Waals surface area contributed by atoms with Crippen molar-refractivity contribution in [2.45, 2.75) is 59.0 Å². The molecular formula is C17H29NO. The lowest BCUT2D eigenvalue weighted by atomic mass is 9.70. The van der Waals surface area contributed by atoms with E-state index in [-0.39, 0.29) is 5.41 Å². The molecule has 0 radical (unpaired) electrons. The van der Waals surface area contributed by atoms with Crippen molar-refractivity contribution in [2.75, 3.05) is 6.54 Å². The summed E-state index contributed by atoms with van der Waals surface area (Å²) < 4.78 is 0. The first-order valence-electron chi connectivity index (χ1n) is 7.32. The molecule has 19 heavy (non-hydrogen) atoms. The van der Waals surface area contributed by atoms with Crippen molar-refractivity contribution < 1.29 is 5.11 Å². The summed E-state index contributed by atoms with van der Waals surface area (Å²) in [6.45, 7) is 9.00. The first-order chi connectivity index (χ1) is 8.82. The molecule has 0 saturated heterocycles. The van der Waals surface area contributed by atoms with E-state index >= 15 is 0 Å². The van der Waals surface area contributed by atoms with E-state index in [1.54, 1.807) is 0 Å². The summed E-state index contributed by atoms with van der Waals surface area (Å²) in [5.41, 5.74) is 7.43. The standard InChI is InChI=1S/C17H29NO/c1-5-17(4,19)16(2,3)13-15-9-6-8-14(12-15)10-7-11-18/h6,8-9,12,19H,5,7,10-11,13,18H2,1-4H3. The molecular weight excluding hydrogens is 234 g/mol. The fourth-order valence-corrected chi connectivity index (χ4v) is 2.38. The molecule has 0 aliphatic heterocycles. The summed E-state index contributed by atoms with van der Waals surface area (Å²) in [5.74, 6) is 0. The lowest BCUT2D eigenvalue weighted by Gasteiger charge is -2.40. The Morgan fingerprint density at radius 2 is 1.79 bits per heavy atom. The molecule has 0 saturated carbocycles. The summed E-state index contributed by atoms with van der Waals surface area (Å²) >= 11 is 0. The molecule has 0 aromatic heterocycles.